The van der Waals surface area contributed by atoms with Gasteiger partial charge < -0.3 is 11.1 Å². The van der Waals surface area contributed by atoms with Gasteiger partial charge in [0.1, 0.15) is 0 Å². The van der Waals surface area contributed by atoms with Crippen molar-refractivity contribution in [3.63, 3.8) is 0 Å². The Hall–Kier alpha value is -1.32. The van der Waals surface area contributed by atoms with Crippen LogP contribution in [-0.4, -0.2) is 18.7 Å². The fourth-order valence-electron chi connectivity index (χ4n) is 0.549. The van der Waals surface area contributed by atoms with E-state index in [1.165, 1.54) is 0 Å². The van der Waals surface area contributed by atoms with Crippen LogP contribution in [0.1, 0.15) is 13.8 Å². The van der Waals surface area contributed by atoms with Crippen LogP contribution in [0.4, 0.5) is 0 Å². The Kier molecular flexibility index (Phi) is 3.95. The van der Waals surface area contributed by atoms with Gasteiger partial charge in [-0.05, 0) is 13.8 Å². The predicted molar refractivity (Wildman–Crippen MR) is 47.8 cm³/mol. The number of rotatable bonds is 2. The van der Waals surface area contributed by atoms with E-state index in [9.17, 15) is 0 Å². The second-order valence-corrected chi connectivity index (χ2v) is 2.22. The van der Waals surface area contributed by atoms with Gasteiger partial charge in [-0.2, -0.15) is 0 Å². The average molecular weight is 154 g/mol. The zero-order valence-electron chi connectivity index (χ0n) is 7.10. The zero-order valence-corrected chi connectivity index (χ0v) is 7.10. The summed E-state index contributed by atoms with van der Waals surface area (Å²) in [6.45, 7) is 3.45. The Morgan fingerprint density at radius 2 is 2.09 bits per heavy atom. The summed E-state index contributed by atoms with van der Waals surface area (Å²) in [5.41, 5.74) is 6.05. The van der Waals surface area contributed by atoms with E-state index in [1.54, 1.807) is 27.1 Å². The number of nitrogens with one attached hydrogen (secondary N) is 2. The van der Waals surface area contributed by atoms with Crippen LogP contribution in [0.2, 0.25) is 0 Å². The second kappa shape index (κ2) is 4.49. The van der Waals surface area contributed by atoms with Crippen molar-refractivity contribution in [1.29, 1.82) is 5.41 Å². The van der Waals surface area contributed by atoms with Gasteiger partial charge in [0.2, 0.25) is 0 Å². The first-order chi connectivity index (χ1) is 5.07. The van der Waals surface area contributed by atoms with Crippen molar-refractivity contribution < 1.29 is 0 Å². The molecule has 0 saturated carbocycles. The SMILES string of the molecule is CN/C=C(\C)C(=N)N=C(C)N. The van der Waals surface area contributed by atoms with Crippen LogP contribution in [0, 0.1) is 5.41 Å². The lowest BCUT2D eigenvalue weighted by atomic mass is 10.3. The molecule has 0 fully saturated rings. The molecule has 0 atom stereocenters. The first-order valence-electron chi connectivity index (χ1n) is 3.31. The smallest absolute Gasteiger partial charge is 0.150 e. The van der Waals surface area contributed by atoms with Gasteiger partial charge in [0.15, 0.2) is 5.84 Å². The summed E-state index contributed by atoms with van der Waals surface area (Å²) in [4.78, 5) is 3.77. The lowest BCUT2D eigenvalue weighted by molar-refractivity contribution is 1.08. The third-order valence-electron chi connectivity index (χ3n) is 1.02. The van der Waals surface area contributed by atoms with E-state index in [4.69, 9.17) is 11.1 Å². The monoisotopic (exact) mass is 154 g/mol. The fourth-order valence-corrected chi connectivity index (χ4v) is 0.549. The fraction of sp³-hybridized carbons (Fsp3) is 0.429. The van der Waals surface area contributed by atoms with Crippen LogP contribution in [0.25, 0.3) is 0 Å². The molecule has 0 aromatic heterocycles. The highest BCUT2D eigenvalue weighted by Crippen LogP contribution is 1.93. The third kappa shape index (κ3) is 4.13. The molecule has 0 rings (SSSR count). The molecule has 4 nitrogen and oxygen atoms in total. The van der Waals surface area contributed by atoms with Gasteiger partial charge >= 0.3 is 0 Å². The number of hydrogen-bond acceptors (Lipinski definition) is 2. The van der Waals surface area contributed by atoms with E-state index < -0.39 is 0 Å². The molecular formula is C7H14N4. The second-order valence-electron chi connectivity index (χ2n) is 2.22. The molecule has 0 aliphatic rings. The van der Waals surface area contributed by atoms with Gasteiger partial charge in [0, 0.05) is 18.8 Å². The molecule has 0 saturated heterocycles. The van der Waals surface area contributed by atoms with Crippen molar-refractivity contribution in [2.75, 3.05) is 7.05 Å². The molecule has 4 N–H and O–H groups in total. The molecule has 0 aliphatic heterocycles. The summed E-state index contributed by atoms with van der Waals surface area (Å²) in [5, 5.41) is 10.2. The van der Waals surface area contributed by atoms with E-state index in [1.807, 2.05) is 0 Å². The van der Waals surface area contributed by atoms with Crippen molar-refractivity contribution in [2.24, 2.45) is 10.7 Å². The number of amidine groups is 2. The van der Waals surface area contributed by atoms with E-state index >= 15 is 0 Å². The van der Waals surface area contributed by atoms with Gasteiger partial charge in [-0.1, -0.05) is 0 Å². The average Bonchev–Trinajstić information content (AvgIpc) is 1.86. The summed E-state index contributed by atoms with van der Waals surface area (Å²) in [5.74, 6) is 0.596. The highest BCUT2D eigenvalue weighted by molar-refractivity contribution is 6.02. The highest BCUT2D eigenvalue weighted by Gasteiger charge is 1.95. The zero-order chi connectivity index (χ0) is 8.85. The molecule has 4 heteroatoms. The van der Waals surface area contributed by atoms with Crippen molar-refractivity contribution in [3.05, 3.63) is 11.8 Å². The summed E-state index contributed by atoms with van der Waals surface area (Å²) < 4.78 is 0. The maximum absolute atomic E-state index is 7.35. The standard InChI is InChI=1S/C7H14N4/c1-5(4-10-3)7(9)11-6(2)8/h4,10H,1-3H3,(H3,8,9,11)/b5-4+. The maximum Gasteiger partial charge on any atom is 0.150 e. The molecule has 0 spiro atoms. The van der Waals surface area contributed by atoms with Crippen molar-refractivity contribution in [3.8, 4) is 0 Å². The van der Waals surface area contributed by atoms with Gasteiger partial charge in [0.05, 0.1) is 5.84 Å². The molecule has 0 aromatic carbocycles. The highest BCUT2D eigenvalue weighted by atomic mass is 14.9. The predicted octanol–water partition coefficient (Wildman–Crippen LogP) is 0.464. The van der Waals surface area contributed by atoms with Gasteiger partial charge in [-0.25, -0.2) is 4.99 Å². The quantitative estimate of drug-likeness (QED) is 0.399. The molecule has 0 aromatic rings. The molecular weight excluding hydrogens is 140 g/mol. The number of nitrogens with two attached hydrogens (primary N) is 1. The molecule has 62 valence electrons. The van der Waals surface area contributed by atoms with Crippen molar-refractivity contribution >= 4 is 11.7 Å². The Labute approximate surface area is 66.7 Å². The van der Waals surface area contributed by atoms with E-state index in [2.05, 4.69) is 10.3 Å². The lowest BCUT2D eigenvalue weighted by Crippen LogP contribution is -2.10. The van der Waals surface area contributed by atoms with Crippen LogP contribution < -0.4 is 11.1 Å². The molecule has 0 aliphatic carbocycles. The largest absolute Gasteiger partial charge is 0.394 e. The molecule has 0 bridgehead atoms. The van der Waals surface area contributed by atoms with Crippen LogP contribution in [0.15, 0.2) is 16.8 Å². The van der Waals surface area contributed by atoms with Gasteiger partial charge in [0.25, 0.3) is 0 Å². The van der Waals surface area contributed by atoms with Crippen molar-refractivity contribution in [1.82, 2.24) is 5.32 Å². The van der Waals surface area contributed by atoms with Crippen LogP contribution in [0.3, 0.4) is 0 Å². The molecule has 0 amide bonds. The summed E-state index contributed by atoms with van der Waals surface area (Å²) in [7, 11) is 1.77. The lowest BCUT2D eigenvalue weighted by Gasteiger charge is -1.97. The maximum atomic E-state index is 7.35. The van der Waals surface area contributed by atoms with Crippen LogP contribution >= 0.6 is 0 Å². The molecule has 0 radical (unpaired) electrons. The Morgan fingerprint density at radius 1 is 1.55 bits per heavy atom. The van der Waals surface area contributed by atoms with Crippen LogP contribution in [-0.2, 0) is 0 Å². The minimum atomic E-state index is 0.194. The Balaban J connectivity index is 4.27. The Bertz CT molecular complexity index is 198. The Morgan fingerprint density at radius 3 is 2.45 bits per heavy atom. The third-order valence-corrected chi connectivity index (χ3v) is 1.02. The molecule has 0 heterocycles. The molecule has 0 unspecified atom stereocenters. The molecule has 11 heavy (non-hydrogen) atoms. The minimum Gasteiger partial charge on any atom is -0.394 e. The summed E-state index contributed by atoms with van der Waals surface area (Å²) >= 11 is 0. The van der Waals surface area contributed by atoms with Gasteiger partial charge in [-0.3, -0.25) is 5.41 Å². The number of aliphatic imine (C=N–C) groups is 1. The first kappa shape index (κ1) is 9.68. The summed E-state index contributed by atoms with van der Waals surface area (Å²) in [6, 6.07) is 0. The topological polar surface area (TPSA) is 74.3 Å². The van der Waals surface area contributed by atoms with Gasteiger partial charge in [-0.15, -0.1) is 0 Å². The van der Waals surface area contributed by atoms with Crippen LogP contribution in [0.5, 0.6) is 0 Å². The van der Waals surface area contributed by atoms with E-state index in [-0.39, 0.29) is 5.84 Å². The summed E-state index contributed by atoms with van der Waals surface area (Å²) in [6.07, 6.45) is 1.70. The number of hydrogen-bond donors (Lipinski definition) is 3. The van der Waals surface area contributed by atoms with E-state index in [0.717, 1.165) is 5.57 Å². The first-order valence-corrected chi connectivity index (χ1v) is 3.31. The van der Waals surface area contributed by atoms with Crippen molar-refractivity contribution in [2.45, 2.75) is 13.8 Å². The van der Waals surface area contributed by atoms with E-state index in [0.29, 0.717) is 5.84 Å². The minimum absolute atomic E-state index is 0.194. The number of nitrogens with zero attached hydrogens (tertiary/aromatic N) is 1. The normalized spacial score (nSPS) is 13.0.